The molecule has 0 aromatic heterocycles. The Morgan fingerprint density at radius 1 is 1.19 bits per heavy atom. The summed E-state index contributed by atoms with van der Waals surface area (Å²) >= 11 is 12.1. The van der Waals surface area contributed by atoms with E-state index in [9.17, 15) is 4.79 Å². The van der Waals surface area contributed by atoms with Crippen molar-refractivity contribution in [1.29, 1.82) is 5.26 Å². The van der Waals surface area contributed by atoms with Crippen LogP contribution in [0.2, 0.25) is 10.0 Å². The van der Waals surface area contributed by atoms with E-state index >= 15 is 0 Å². The molecular weight excluding hydrogens is 377 g/mol. The topological polar surface area (TPSA) is 68.5 Å². The Kier molecular flexibility index (Phi) is 7.34. The molecule has 7 heteroatoms. The lowest BCUT2D eigenvalue weighted by molar-refractivity contribution is -0.152. The molecule has 1 atom stereocenters. The maximum Gasteiger partial charge on any atom is 0.351 e. The summed E-state index contributed by atoms with van der Waals surface area (Å²) < 4.78 is 16.3. The van der Waals surface area contributed by atoms with Crippen molar-refractivity contribution in [2.24, 2.45) is 0 Å². The number of nitrogens with zero attached hydrogens (tertiary/aromatic N) is 1. The number of rotatable bonds is 8. The molecule has 2 aromatic rings. The molecule has 0 saturated heterocycles. The van der Waals surface area contributed by atoms with Crippen molar-refractivity contribution in [2.45, 2.75) is 6.10 Å². The molecule has 0 N–H and O–H groups in total. The molecular formula is C19H15Cl2NO4. The van der Waals surface area contributed by atoms with Gasteiger partial charge < -0.3 is 14.2 Å². The molecule has 2 rings (SSSR count). The molecule has 134 valence electrons. The van der Waals surface area contributed by atoms with Crippen LogP contribution in [-0.2, 0) is 9.53 Å². The van der Waals surface area contributed by atoms with Crippen LogP contribution in [0.5, 0.6) is 11.5 Å². The molecule has 0 bridgehead atoms. The van der Waals surface area contributed by atoms with Gasteiger partial charge in [-0.2, -0.15) is 5.26 Å². The van der Waals surface area contributed by atoms with E-state index in [1.807, 2.05) is 6.07 Å². The highest BCUT2D eigenvalue weighted by Gasteiger charge is 2.24. The third kappa shape index (κ3) is 5.41. The van der Waals surface area contributed by atoms with Gasteiger partial charge in [-0.25, -0.2) is 4.79 Å². The molecule has 0 fully saturated rings. The normalized spacial score (nSPS) is 11.1. The van der Waals surface area contributed by atoms with Gasteiger partial charge in [0.15, 0.2) is 0 Å². The number of nitriles is 1. The summed E-state index contributed by atoms with van der Waals surface area (Å²) in [6.07, 6.45) is 0.379. The zero-order chi connectivity index (χ0) is 18.9. The minimum absolute atomic E-state index is 0.0405. The van der Waals surface area contributed by atoms with E-state index in [4.69, 9.17) is 42.7 Å². The average molecular weight is 392 g/mol. The quantitative estimate of drug-likeness (QED) is 0.491. The molecule has 0 amide bonds. The van der Waals surface area contributed by atoms with Crippen LogP contribution in [0.25, 0.3) is 0 Å². The number of carbonyl (C=O) groups excluding carboxylic acids is 1. The van der Waals surface area contributed by atoms with Gasteiger partial charge in [0.1, 0.15) is 24.7 Å². The Hall–Kier alpha value is -2.68. The van der Waals surface area contributed by atoms with E-state index in [1.54, 1.807) is 36.4 Å². The molecule has 1 unspecified atom stereocenters. The van der Waals surface area contributed by atoms with Gasteiger partial charge >= 0.3 is 5.97 Å². The van der Waals surface area contributed by atoms with Gasteiger partial charge in [-0.05, 0) is 30.3 Å². The van der Waals surface area contributed by atoms with Crippen molar-refractivity contribution in [3.63, 3.8) is 0 Å². The zero-order valence-corrected chi connectivity index (χ0v) is 15.2. The Morgan fingerprint density at radius 3 is 2.62 bits per heavy atom. The third-order valence-electron chi connectivity index (χ3n) is 3.16. The highest BCUT2D eigenvalue weighted by atomic mass is 35.5. The molecule has 0 heterocycles. The molecule has 26 heavy (non-hydrogen) atoms. The predicted octanol–water partition coefficient (Wildman–Crippen LogP) is 4.42. The second-order valence-electron chi connectivity index (χ2n) is 5.02. The maximum absolute atomic E-state index is 12.2. The molecule has 0 radical (unpaired) electrons. The molecule has 0 spiro atoms. The van der Waals surface area contributed by atoms with Crippen LogP contribution >= 0.6 is 23.2 Å². The standard InChI is InChI=1S/C19H15Cl2NO4/c1-2-9-24-19(23)18(26-17-6-4-3-5-14(17)20)12-25-16-8-7-13(11-22)10-15(16)21/h2-8,10,18H,1,9,12H2. The van der Waals surface area contributed by atoms with Gasteiger partial charge in [-0.1, -0.05) is 48.0 Å². The van der Waals surface area contributed by atoms with Crippen LogP contribution in [0.3, 0.4) is 0 Å². The van der Waals surface area contributed by atoms with Crippen molar-refractivity contribution in [3.05, 3.63) is 70.7 Å². The van der Waals surface area contributed by atoms with E-state index in [0.717, 1.165) is 0 Å². The number of benzene rings is 2. The Balaban J connectivity index is 2.13. The van der Waals surface area contributed by atoms with Gasteiger partial charge in [0.05, 0.1) is 21.7 Å². The maximum atomic E-state index is 12.2. The van der Waals surface area contributed by atoms with Crippen molar-refractivity contribution < 1.29 is 19.0 Å². The third-order valence-corrected chi connectivity index (χ3v) is 3.77. The Labute approximate surface area is 161 Å². The van der Waals surface area contributed by atoms with Crippen LogP contribution in [0, 0.1) is 11.3 Å². The van der Waals surface area contributed by atoms with Gasteiger partial charge in [-0.15, -0.1) is 0 Å². The van der Waals surface area contributed by atoms with Crippen LogP contribution in [0.1, 0.15) is 5.56 Å². The summed E-state index contributed by atoms with van der Waals surface area (Å²) in [5.74, 6) is 0.00813. The summed E-state index contributed by atoms with van der Waals surface area (Å²) in [5.41, 5.74) is 0.400. The van der Waals surface area contributed by atoms with Crippen molar-refractivity contribution >= 4 is 29.2 Å². The number of halogens is 2. The number of esters is 1. The predicted molar refractivity (Wildman–Crippen MR) is 98.7 cm³/mol. The highest BCUT2D eigenvalue weighted by Crippen LogP contribution is 2.27. The molecule has 0 saturated carbocycles. The van der Waals surface area contributed by atoms with Gasteiger partial charge in [0, 0.05) is 0 Å². The summed E-state index contributed by atoms with van der Waals surface area (Å²) in [7, 11) is 0. The lowest BCUT2D eigenvalue weighted by Gasteiger charge is -2.19. The molecule has 5 nitrogen and oxygen atoms in total. The van der Waals surface area contributed by atoms with Crippen molar-refractivity contribution in [2.75, 3.05) is 13.2 Å². The SMILES string of the molecule is C=CCOC(=O)C(COc1ccc(C#N)cc1Cl)Oc1ccccc1Cl. The van der Waals surface area contributed by atoms with E-state index in [-0.39, 0.29) is 18.2 Å². The molecule has 0 aliphatic rings. The zero-order valence-electron chi connectivity index (χ0n) is 13.7. The van der Waals surface area contributed by atoms with Gasteiger partial charge in [0.25, 0.3) is 0 Å². The first-order valence-electron chi connectivity index (χ1n) is 7.56. The average Bonchev–Trinajstić information content (AvgIpc) is 2.65. The fraction of sp³-hybridized carbons (Fsp3) is 0.158. The van der Waals surface area contributed by atoms with E-state index in [1.165, 1.54) is 12.1 Å². The first-order valence-corrected chi connectivity index (χ1v) is 8.32. The summed E-state index contributed by atoms with van der Waals surface area (Å²) in [6.45, 7) is 3.38. The fourth-order valence-corrected chi connectivity index (χ4v) is 2.35. The fourth-order valence-electron chi connectivity index (χ4n) is 1.93. The molecule has 0 aliphatic heterocycles. The first-order chi connectivity index (χ1) is 12.5. The lowest BCUT2D eigenvalue weighted by Crippen LogP contribution is -2.35. The monoisotopic (exact) mass is 391 g/mol. The van der Waals surface area contributed by atoms with Crippen LogP contribution in [-0.4, -0.2) is 25.3 Å². The number of para-hydroxylation sites is 1. The lowest BCUT2D eigenvalue weighted by atomic mass is 10.2. The highest BCUT2D eigenvalue weighted by molar-refractivity contribution is 6.32. The number of carbonyl (C=O) groups is 1. The van der Waals surface area contributed by atoms with Crippen molar-refractivity contribution in [3.8, 4) is 17.6 Å². The smallest absolute Gasteiger partial charge is 0.351 e. The number of hydrogen-bond donors (Lipinski definition) is 0. The largest absolute Gasteiger partial charge is 0.488 e. The van der Waals surface area contributed by atoms with E-state index in [2.05, 4.69) is 6.58 Å². The van der Waals surface area contributed by atoms with Gasteiger partial charge in [-0.3, -0.25) is 0 Å². The Bertz CT molecular complexity index is 833. The van der Waals surface area contributed by atoms with Crippen LogP contribution in [0.15, 0.2) is 55.1 Å². The molecule has 2 aromatic carbocycles. The second-order valence-corrected chi connectivity index (χ2v) is 5.84. The first kappa shape index (κ1) is 19.6. The van der Waals surface area contributed by atoms with Gasteiger partial charge in [0.2, 0.25) is 6.10 Å². The summed E-state index contributed by atoms with van der Waals surface area (Å²) in [4.78, 5) is 12.2. The number of ether oxygens (including phenoxy) is 3. The van der Waals surface area contributed by atoms with Crippen molar-refractivity contribution in [1.82, 2.24) is 0 Å². The van der Waals surface area contributed by atoms with Crippen LogP contribution in [0.4, 0.5) is 0 Å². The second kappa shape index (κ2) is 9.71. The molecule has 0 aliphatic carbocycles. The minimum Gasteiger partial charge on any atom is -0.488 e. The summed E-state index contributed by atoms with van der Waals surface area (Å²) in [6, 6.07) is 13.3. The van der Waals surface area contributed by atoms with E-state index in [0.29, 0.717) is 22.1 Å². The summed E-state index contributed by atoms with van der Waals surface area (Å²) in [5, 5.41) is 9.47. The Morgan fingerprint density at radius 2 is 1.96 bits per heavy atom. The minimum atomic E-state index is -1.07. The van der Waals surface area contributed by atoms with E-state index < -0.39 is 12.1 Å². The number of hydrogen-bond acceptors (Lipinski definition) is 5. The van der Waals surface area contributed by atoms with Crippen LogP contribution < -0.4 is 9.47 Å².